The predicted molar refractivity (Wildman–Crippen MR) is 96.4 cm³/mol. The predicted octanol–water partition coefficient (Wildman–Crippen LogP) is 3.09. The van der Waals surface area contributed by atoms with Crippen LogP contribution in [0.1, 0.15) is 5.69 Å². The van der Waals surface area contributed by atoms with Gasteiger partial charge in [-0.3, -0.25) is 0 Å². The second-order valence-corrected chi connectivity index (χ2v) is 6.19. The minimum absolute atomic E-state index is 0.248. The van der Waals surface area contributed by atoms with Gasteiger partial charge in [-0.25, -0.2) is 9.97 Å². The first-order valence-electron chi connectivity index (χ1n) is 7.68. The van der Waals surface area contributed by atoms with Crippen molar-refractivity contribution in [3.63, 3.8) is 0 Å². The summed E-state index contributed by atoms with van der Waals surface area (Å²) in [5, 5.41) is 6.46. The maximum atomic E-state index is 5.38. The molecule has 0 aliphatic carbocycles. The van der Waals surface area contributed by atoms with E-state index in [0.717, 1.165) is 40.4 Å². The molecule has 0 atom stereocenters. The van der Waals surface area contributed by atoms with Crippen molar-refractivity contribution < 1.29 is 9.47 Å². The SMILES string of the molecule is Brc1cnc(Nc2ccc3c(c2)OCO3)nc1NCCc1cnc[nH]1. The smallest absolute Gasteiger partial charge is 0.231 e. The van der Waals surface area contributed by atoms with Gasteiger partial charge in [0, 0.05) is 42.8 Å². The molecule has 0 radical (unpaired) electrons. The average Bonchev–Trinajstić information content (AvgIpc) is 3.28. The topological polar surface area (TPSA) is 97.0 Å². The number of halogens is 1. The third-order valence-electron chi connectivity index (χ3n) is 3.61. The third kappa shape index (κ3) is 3.66. The molecule has 128 valence electrons. The molecule has 0 saturated heterocycles. The van der Waals surface area contributed by atoms with E-state index in [0.29, 0.717) is 11.7 Å². The molecular formula is C16H15BrN6O2. The van der Waals surface area contributed by atoms with Crippen LogP contribution in [0.3, 0.4) is 0 Å². The summed E-state index contributed by atoms with van der Waals surface area (Å²) in [5.41, 5.74) is 1.89. The summed E-state index contributed by atoms with van der Waals surface area (Å²) in [6.07, 6.45) is 6.01. The van der Waals surface area contributed by atoms with E-state index in [1.165, 1.54) is 0 Å². The van der Waals surface area contributed by atoms with Gasteiger partial charge in [-0.05, 0) is 28.1 Å². The lowest BCUT2D eigenvalue weighted by atomic mass is 10.3. The molecule has 3 aromatic rings. The van der Waals surface area contributed by atoms with Crippen LogP contribution in [-0.4, -0.2) is 33.3 Å². The van der Waals surface area contributed by atoms with E-state index in [4.69, 9.17) is 9.47 Å². The van der Waals surface area contributed by atoms with Crippen LogP contribution in [-0.2, 0) is 6.42 Å². The van der Waals surface area contributed by atoms with Crippen LogP contribution in [0.25, 0.3) is 0 Å². The van der Waals surface area contributed by atoms with Crippen molar-refractivity contribution >= 4 is 33.4 Å². The number of aromatic amines is 1. The molecule has 0 fully saturated rings. The Hall–Kier alpha value is -2.81. The summed E-state index contributed by atoms with van der Waals surface area (Å²) in [5.74, 6) is 2.66. The molecule has 25 heavy (non-hydrogen) atoms. The van der Waals surface area contributed by atoms with Crippen molar-refractivity contribution in [2.75, 3.05) is 24.0 Å². The Morgan fingerprint density at radius 1 is 1.20 bits per heavy atom. The summed E-state index contributed by atoms with van der Waals surface area (Å²) < 4.78 is 11.5. The Balaban J connectivity index is 1.43. The largest absolute Gasteiger partial charge is 0.454 e. The third-order valence-corrected chi connectivity index (χ3v) is 4.19. The summed E-state index contributed by atoms with van der Waals surface area (Å²) in [7, 11) is 0. The summed E-state index contributed by atoms with van der Waals surface area (Å²) in [6, 6.07) is 5.61. The van der Waals surface area contributed by atoms with Crippen molar-refractivity contribution in [3.8, 4) is 11.5 Å². The fourth-order valence-corrected chi connectivity index (χ4v) is 2.72. The van der Waals surface area contributed by atoms with E-state index >= 15 is 0 Å². The normalized spacial score (nSPS) is 12.2. The maximum Gasteiger partial charge on any atom is 0.231 e. The standard InChI is InChI=1S/C16H15BrN6O2/c17-12-7-20-16(22-10-1-2-13-14(5-10)25-9-24-13)23-15(12)19-4-3-11-6-18-8-21-11/h1-2,5-8H,3-4,9H2,(H,18,21)(H2,19,20,22,23). The molecule has 0 spiro atoms. The van der Waals surface area contributed by atoms with Crippen molar-refractivity contribution in [3.05, 3.63) is 47.1 Å². The molecule has 1 aliphatic rings. The fourth-order valence-electron chi connectivity index (χ4n) is 2.39. The number of fused-ring (bicyclic) bond motifs is 1. The lowest BCUT2D eigenvalue weighted by Crippen LogP contribution is -2.09. The number of hydrogen-bond acceptors (Lipinski definition) is 7. The van der Waals surface area contributed by atoms with E-state index < -0.39 is 0 Å². The average molecular weight is 403 g/mol. The maximum absolute atomic E-state index is 5.38. The first-order chi connectivity index (χ1) is 12.3. The zero-order chi connectivity index (χ0) is 17.1. The van der Waals surface area contributed by atoms with Crippen LogP contribution in [0.15, 0.2) is 41.4 Å². The minimum Gasteiger partial charge on any atom is -0.454 e. The monoisotopic (exact) mass is 402 g/mol. The van der Waals surface area contributed by atoms with Gasteiger partial charge in [-0.15, -0.1) is 0 Å². The van der Waals surface area contributed by atoms with Gasteiger partial charge in [0.25, 0.3) is 0 Å². The zero-order valence-corrected chi connectivity index (χ0v) is 14.7. The molecule has 2 aromatic heterocycles. The van der Waals surface area contributed by atoms with E-state index in [1.54, 1.807) is 12.5 Å². The van der Waals surface area contributed by atoms with Crippen LogP contribution in [0.2, 0.25) is 0 Å². The first kappa shape index (κ1) is 15.7. The highest BCUT2D eigenvalue weighted by Gasteiger charge is 2.14. The lowest BCUT2D eigenvalue weighted by Gasteiger charge is -2.10. The van der Waals surface area contributed by atoms with Gasteiger partial charge in [-0.1, -0.05) is 0 Å². The number of hydrogen-bond donors (Lipinski definition) is 3. The van der Waals surface area contributed by atoms with Gasteiger partial charge in [0.15, 0.2) is 11.5 Å². The molecule has 4 rings (SSSR count). The second kappa shape index (κ2) is 6.98. The van der Waals surface area contributed by atoms with Crippen LogP contribution in [0, 0.1) is 0 Å². The van der Waals surface area contributed by atoms with Gasteiger partial charge in [0.05, 0.1) is 10.8 Å². The summed E-state index contributed by atoms with van der Waals surface area (Å²) >= 11 is 3.46. The summed E-state index contributed by atoms with van der Waals surface area (Å²) in [6.45, 7) is 0.971. The van der Waals surface area contributed by atoms with Gasteiger partial charge < -0.3 is 25.1 Å². The highest BCUT2D eigenvalue weighted by atomic mass is 79.9. The first-order valence-corrected chi connectivity index (χ1v) is 8.47. The van der Waals surface area contributed by atoms with Gasteiger partial charge in [0.2, 0.25) is 12.7 Å². The van der Waals surface area contributed by atoms with Crippen LogP contribution >= 0.6 is 15.9 Å². The molecule has 0 unspecified atom stereocenters. The molecule has 0 amide bonds. The number of H-pyrrole nitrogens is 1. The number of nitrogens with zero attached hydrogens (tertiary/aromatic N) is 3. The highest BCUT2D eigenvalue weighted by molar-refractivity contribution is 9.10. The van der Waals surface area contributed by atoms with Crippen LogP contribution in [0.4, 0.5) is 17.5 Å². The van der Waals surface area contributed by atoms with E-state index in [1.807, 2.05) is 24.4 Å². The Bertz CT molecular complexity index is 871. The molecule has 0 bridgehead atoms. The number of ether oxygens (including phenoxy) is 2. The van der Waals surface area contributed by atoms with Crippen LogP contribution < -0.4 is 20.1 Å². The van der Waals surface area contributed by atoms with E-state index in [9.17, 15) is 0 Å². The molecule has 0 saturated carbocycles. The van der Waals surface area contributed by atoms with Gasteiger partial charge >= 0.3 is 0 Å². The molecule has 1 aliphatic heterocycles. The minimum atomic E-state index is 0.248. The number of imidazole rings is 1. The number of anilines is 3. The Morgan fingerprint density at radius 3 is 3.00 bits per heavy atom. The fraction of sp³-hybridized carbons (Fsp3) is 0.188. The van der Waals surface area contributed by atoms with Crippen molar-refractivity contribution in [2.45, 2.75) is 6.42 Å². The highest BCUT2D eigenvalue weighted by Crippen LogP contribution is 2.35. The quantitative estimate of drug-likeness (QED) is 0.582. The van der Waals surface area contributed by atoms with Crippen molar-refractivity contribution in [2.24, 2.45) is 0 Å². The van der Waals surface area contributed by atoms with Crippen molar-refractivity contribution in [1.82, 2.24) is 19.9 Å². The van der Waals surface area contributed by atoms with Crippen LogP contribution in [0.5, 0.6) is 11.5 Å². The number of benzene rings is 1. The molecule has 8 nitrogen and oxygen atoms in total. The molecular weight excluding hydrogens is 388 g/mol. The molecule has 3 N–H and O–H groups in total. The van der Waals surface area contributed by atoms with Gasteiger partial charge in [0.1, 0.15) is 5.82 Å². The number of rotatable bonds is 6. The Labute approximate surface area is 152 Å². The lowest BCUT2D eigenvalue weighted by molar-refractivity contribution is 0.174. The zero-order valence-electron chi connectivity index (χ0n) is 13.1. The Kier molecular flexibility index (Phi) is 4.38. The molecule has 1 aromatic carbocycles. The number of aromatic nitrogens is 4. The molecule has 9 heteroatoms. The summed E-state index contributed by atoms with van der Waals surface area (Å²) in [4.78, 5) is 15.9. The Morgan fingerprint density at radius 2 is 2.12 bits per heavy atom. The molecule has 3 heterocycles. The van der Waals surface area contributed by atoms with E-state index in [-0.39, 0.29) is 6.79 Å². The number of nitrogens with one attached hydrogen (secondary N) is 3. The van der Waals surface area contributed by atoms with E-state index in [2.05, 4.69) is 46.5 Å². The van der Waals surface area contributed by atoms with Gasteiger partial charge in [-0.2, -0.15) is 4.98 Å². The van der Waals surface area contributed by atoms with Crippen molar-refractivity contribution in [1.29, 1.82) is 0 Å². The second-order valence-electron chi connectivity index (χ2n) is 5.34.